The number of halogens is 1. The Morgan fingerprint density at radius 1 is 1.25 bits per heavy atom. The van der Waals surface area contributed by atoms with Crippen LogP contribution in [-0.4, -0.2) is 35.7 Å². The van der Waals surface area contributed by atoms with Crippen molar-refractivity contribution >= 4 is 44.9 Å². The lowest BCUT2D eigenvalue weighted by atomic mass is 10.3. The Kier molecular flexibility index (Phi) is 4.88. The van der Waals surface area contributed by atoms with E-state index in [1.807, 2.05) is 13.0 Å². The maximum absolute atomic E-state index is 12.5. The number of nitrogens with zero attached hydrogens (tertiary/aromatic N) is 6. The molecule has 0 aliphatic heterocycles. The first kappa shape index (κ1) is 18.3. The summed E-state index contributed by atoms with van der Waals surface area (Å²) in [6.07, 6.45) is 4.61. The summed E-state index contributed by atoms with van der Waals surface area (Å²) >= 11 is 7.81. The van der Waals surface area contributed by atoms with Gasteiger partial charge < -0.3 is 10.6 Å². The van der Waals surface area contributed by atoms with E-state index in [1.54, 1.807) is 31.5 Å². The molecule has 28 heavy (non-hydrogen) atoms. The molecule has 3 heterocycles. The third kappa shape index (κ3) is 3.64. The highest BCUT2D eigenvalue weighted by Gasteiger charge is 2.18. The van der Waals surface area contributed by atoms with Gasteiger partial charge in [-0.2, -0.15) is 9.78 Å². The van der Waals surface area contributed by atoms with Gasteiger partial charge in [0, 0.05) is 12.4 Å². The Bertz CT molecular complexity index is 1140. The number of hydrogen-bond donors (Lipinski definition) is 2. The Balaban J connectivity index is 1.50. The number of aromatic nitrogens is 6. The van der Waals surface area contributed by atoms with Crippen LogP contribution in [0.4, 0.5) is 10.5 Å². The molecule has 0 fully saturated rings. The van der Waals surface area contributed by atoms with E-state index in [-0.39, 0.29) is 0 Å². The van der Waals surface area contributed by atoms with Crippen LogP contribution in [-0.2, 0) is 0 Å². The molecule has 0 bridgehead atoms. The van der Waals surface area contributed by atoms with E-state index in [2.05, 4.69) is 35.7 Å². The summed E-state index contributed by atoms with van der Waals surface area (Å²) in [4.78, 5) is 29.4. The highest BCUT2D eigenvalue weighted by molar-refractivity contribution is 7.18. The standard InChI is InChI=1S/C17H15ClN8OS/c1-9(15-21-8-22-26(15)16-19-4-3-5-20-16)23-17(27)25-12-7-14-13(6-11(12)18)24-10(2)28-14/h3-9H,1-2H3,(H2,23,25,27)/t9-/m0/s1. The number of thiazole rings is 1. The number of carbonyl (C=O) groups is 1. The number of anilines is 1. The summed E-state index contributed by atoms with van der Waals surface area (Å²) < 4.78 is 2.43. The minimum atomic E-state index is -0.445. The fourth-order valence-electron chi connectivity index (χ4n) is 2.68. The Morgan fingerprint density at radius 2 is 2.04 bits per heavy atom. The molecule has 4 aromatic rings. The molecule has 0 saturated carbocycles. The monoisotopic (exact) mass is 414 g/mol. The van der Waals surface area contributed by atoms with Gasteiger partial charge in [-0.25, -0.2) is 24.7 Å². The quantitative estimate of drug-likeness (QED) is 0.528. The smallest absolute Gasteiger partial charge is 0.319 e. The molecule has 0 radical (unpaired) electrons. The van der Waals surface area contributed by atoms with Crippen molar-refractivity contribution in [3.05, 3.63) is 52.8 Å². The van der Waals surface area contributed by atoms with Crippen molar-refractivity contribution in [2.45, 2.75) is 19.9 Å². The van der Waals surface area contributed by atoms with Crippen molar-refractivity contribution in [2.75, 3.05) is 5.32 Å². The zero-order valence-electron chi connectivity index (χ0n) is 14.9. The molecule has 11 heteroatoms. The van der Waals surface area contributed by atoms with Crippen LogP contribution in [0.3, 0.4) is 0 Å². The molecule has 0 aliphatic rings. The van der Waals surface area contributed by atoms with Crippen LogP contribution in [0, 0.1) is 6.92 Å². The number of benzene rings is 1. The molecule has 3 aromatic heterocycles. The third-order valence-electron chi connectivity index (χ3n) is 3.88. The van der Waals surface area contributed by atoms with Crippen molar-refractivity contribution in [3.63, 3.8) is 0 Å². The van der Waals surface area contributed by atoms with E-state index in [0.717, 1.165) is 15.2 Å². The molecular formula is C17H15ClN8OS. The molecule has 142 valence electrons. The number of carbonyl (C=O) groups excluding carboxylic acids is 1. The summed E-state index contributed by atoms with van der Waals surface area (Å²) in [6, 6.07) is 4.40. The summed E-state index contributed by atoms with van der Waals surface area (Å²) in [5.74, 6) is 0.874. The first-order valence-electron chi connectivity index (χ1n) is 8.33. The number of urea groups is 1. The van der Waals surface area contributed by atoms with Gasteiger partial charge in [-0.3, -0.25) is 0 Å². The second-order valence-corrected chi connectivity index (χ2v) is 7.57. The van der Waals surface area contributed by atoms with Gasteiger partial charge in [0.05, 0.1) is 32.0 Å². The van der Waals surface area contributed by atoms with Gasteiger partial charge in [0.2, 0.25) is 0 Å². The molecule has 0 saturated heterocycles. The van der Waals surface area contributed by atoms with Crippen LogP contribution in [0.1, 0.15) is 23.8 Å². The van der Waals surface area contributed by atoms with Crippen molar-refractivity contribution in [1.29, 1.82) is 0 Å². The zero-order chi connectivity index (χ0) is 19.7. The first-order valence-corrected chi connectivity index (χ1v) is 9.52. The van der Waals surface area contributed by atoms with Crippen LogP contribution in [0.25, 0.3) is 16.2 Å². The number of hydrogen-bond acceptors (Lipinski definition) is 7. The molecular weight excluding hydrogens is 400 g/mol. The molecule has 1 atom stereocenters. The summed E-state index contributed by atoms with van der Waals surface area (Å²) in [6.45, 7) is 3.72. The minimum Gasteiger partial charge on any atom is -0.328 e. The zero-order valence-corrected chi connectivity index (χ0v) is 16.5. The van der Waals surface area contributed by atoms with Crippen molar-refractivity contribution in [3.8, 4) is 5.95 Å². The Hall–Kier alpha value is -3.11. The van der Waals surface area contributed by atoms with Crippen molar-refractivity contribution in [1.82, 2.24) is 35.0 Å². The molecule has 0 spiro atoms. The Morgan fingerprint density at radius 3 is 2.82 bits per heavy atom. The topological polar surface area (TPSA) is 111 Å². The highest BCUT2D eigenvalue weighted by atomic mass is 35.5. The summed E-state index contributed by atoms with van der Waals surface area (Å²) in [5.41, 5.74) is 1.32. The average Bonchev–Trinajstić information content (AvgIpc) is 3.28. The van der Waals surface area contributed by atoms with Gasteiger partial charge in [0.15, 0.2) is 5.82 Å². The van der Waals surface area contributed by atoms with E-state index in [9.17, 15) is 4.79 Å². The minimum absolute atomic E-state index is 0.373. The molecule has 4 rings (SSSR count). The van der Waals surface area contributed by atoms with Gasteiger partial charge >= 0.3 is 6.03 Å². The summed E-state index contributed by atoms with van der Waals surface area (Å²) in [7, 11) is 0. The molecule has 1 aromatic carbocycles. The maximum Gasteiger partial charge on any atom is 0.319 e. The first-order chi connectivity index (χ1) is 13.5. The normalized spacial score (nSPS) is 12.1. The van der Waals surface area contributed by atoms with Gasteiger partial charge in [0.1, 0.15) is 6.33 Å². The SMILES string of the molecule is Cc1nc2cc(Cl)c(NC(=O)N[C@@H](C)c3ncnn3-c3ncccn3)cc2s1. The van der Waals surface area contributed by atoms with Gasteiger partial charge in [-0.1, -0.05) is 11.6 Å². The molecule has 9 nitrogen and oxygen atoms in total. The van der Waals surface area contributed by atoms with Crippen molar-refractivity contribution < 1.29 is 4.79 Å². The van der Waals surface area contributed by atoms with E-state index < -0.39 is 12.1 Å². The number of nitrogens with one attached hydrogen (secondary N) is 2. The fraction of sp³-hybridized carbons (Fsp3) is 0.176. The largest absolute Gasteiger partial charge is 0.328 e. The van der Waals surface area contributed by atoms with Crippen LogP contribution in [0.5, 0.6) is 0 Å². The lowest BCUT2D eigenvalue weighted by molar-refractivity contribution is 0.248. The van der Waals surface area contributed by atoms with E-state index in [0.29, 0.717) is 22.5 Å². The second kappa shape index (κ2) is 7.49. The number of amides is 2. The average molecular weight is 415 g/mol. The van der Waals surface area contributed by atoms with Gasteiger partial charge in [-0.15, -0.1) is 11.3 Å². The van der Waals surface area contributed by atoms with Crippen molar-refractivity contribution in [2.24, 2.45) is 0 Å². The maximum atomic E-state index is 12.5. The number of aryl methyl sites for hydroxylation is 1. The second-order valence-electron chi connectivity index (χ2n) is 5.93. The fourth-order valence-corrected chi connectivity index (χ4v) is 3.73. The van der Waals surface area contributed by atoms with E-state index in [1.165, 1.54) is 22.3 Å². The highest BCUT2D eigenvalue weighted by Crippen LogP contribution is 2.31. The van der Waals surface area contributed by atoms with Crippen LogP contribution in [0.15, 0.2) is 36.9 Å². The lowest BCUT2D eigenvalue weighted by Crippen LogP contribution is -2.32. The predicted octanol–water partition coefficient (Wildman–Crippen LogP) is 3.51. The number of fused-ring (bicyclic) bond motifs is 1. The van der Waals surface area contributed by atoms with Crippen LogP contribution >= 0.6 is 22.9 Å². The molecule has 2 N–H and O–H groups in total. The van der Waals surface area contributed by atoms with Crippen LogP contribution < -0.4 is 10.6 Å². The number of rotatable bonds is 4. The Labute approximate surface area is 168 Å². The molecule has 0 unspecified atom stereocenters. The third-order valence-corrected chi connectivity index (χ3v) is 5.13. The summed E-state index contributed by atoms with van der Waals surface area (Å²) in [5, 5.41) is 11.1. The van der Waals surface area contributed by atoms with E-state index in [4.69, 9.17) is 11.6 Å². The van der Waals surface area contributed by atoms with E-state index >= 15 is 0 Å². The molecule has 0 aliphatic carbocycles. The van der Waals surface area contributed by atoms with Gasteiger partial charge in [0.25, 0.3) is 5.95 Å². The van der Waals surface area contributed by atoms with Gasteiger partial charge in [-0.05, 0) is 32.0 Å². The predicted molar refractivity (Wildman–Crippen MR) is 107 cm³/mol. The molecule has 2 amide bonds. The van der Waals surface area contributed by atoms with Crippen LogP contribution in [0.2, 0.25) is 5.02 Å². The lowest BCUT2D eigenvalue weighted by Gasteiger charge is -2.15.